The molecule has 0 aromatic heterocycles. The number of alkyl halides is 3. The van der Waals surface area contributed by atoms with Crippen LogP contribution >= 0.6 is 0 Å². The second kappa shape index (κ2) is 8.08. The molecule has 0 amide bonds. The fourth-order valence-electron chi connectivity index (χ4n) is 2.19. The summed E-state index contributed by atoms with van der Waals surface area (Å²) < 4.78 is 53.9. The molecule has 0 fully saturated rings. The minimum atomic E-state index is -4.67. The molecule has 0 aliphatic heterocycles. The van der Waals surface area contributed by atoms with Crippen LogP contribution in [0.3, 0.4) is 0 Å². The molecule has 2 nitrogen and oxygen atoms in total. The van der Waals surface area contributed by atoms with Crippen molar-refractivity contribution in [3.05, 3.63) is 71.5 Å². The van der Waals surface area contributed by atoms with E-state index >= 15 is 0 Å². The second-order valence-corrected chi connectivity index (χ2v) is 5.15. The Bertz CT molecular complexity index is 601. The van der Waals surface area contributed by atoms with E-state index in [1.54, 1.807) is 12.1 Å². The van der Waals surface area contributed by atoms with Crippen molar-refractivity contribution in [1.29, 1.82) is 0 Å². The van der Waals surface area contributed by atoms with Crippen molar-refractivity contribution in [1.82, 2.24) is 5.32 Å². The second-order valence-electron chi connectivity index (χ2n) is 5.15. The average Bonchev–Trinajstić information content (AvgIpc) is 2.50. The summed E-state index contributed by atoms with van der Waals surface area (Å²) in [6.45, 7) is -0.246. The molecule has 0 saturated heterocycles. The number of benzene rings is 2. The predicted molar refractivity (Wildman–Crippen MR) is 79.2 cm³/mol. The van der Waals surface area contributed by atoms with Gasteiger partial charge in [-0.2, -0.15) is 0 Å². The standard InChI is InChI=1S/C17H17F4NO/c18-15-8-4-7-14(9-15)11-22-16(12-23-17(19,20)21)10-13-5-2-1-3-6-13/h1-9,16,22H,10-12H2. The lowest BCUT2D eigenvalue weighted by atomic mass is 10.1. The summed E-state index contributed by atoms with van der Waals surface area (Å²) in [6, 6.07) is 14.6. The van der Waals surface area contributed by atoms with E-state index in [0.29, 0.717) is 12.0 Å². The van der Waals surface area contributed by atoms with Crippen LogP contribution in [0.4, 0.5) is 17.6 Å². The number of ether oxygens (including phenoxy) is 1. The molecule has 1 N–H and O–H groups in total. The van der Waals surface area contributed by atoms with E-state index in [2.05, 4.69) is 10.1 Å². The Morgan fingerprint density at radius 3 is 2.30 bits per heavy atom. The SMILES string of the molecule is Fc1cccc(CNC(COC(F)(F)F)Cc2ccccc2)c1. The molecular formula is C17H17F4NO. The topological polar surface area (TPSA) is 21.3 Å². The van der Waals surface area contributed by atoms with Gasteiger partial charge in [0.05, 0.1) is 6.61 Å². The van der Waals surface area contributed by atoms with Crippen LogP contribution in [0.2, 0.25) is 0 Å². The van der Waals surface area contributed by atoms with Crippen LogP contribution in [-0.2, 0) is 17.7 Å². The lowest BCUT2D eigenvalue weighted by Gasteiger charge is -2.20. The van der Waals surface area contributed by atoms with Gasteiger partial charge in [0, 0.05) is 12.6 Å². The molecule has 2 rings (SSSR count). The van der Waals surface area contributed by atoms with Crippen LogP contribution in [0.25, 0.3) is 0 Å². The summed E-state index contributed by atoms with van der Waals surface area (Å²) in [5, 5.41) is 2.99. The van der Waals surface area contributed by atoms with Gasteiger partial charge in [-0.05, 0) is 29.7 Å². The highest BCUT2D eigenvalue weighted by atomic mass is 19.4. The highest BCUT2D eigenvalue weighted by molar-refractivity contribution is 5.18. The molecule has 0 spiro atoms. The van der Waals surface area contributed by atoms with Gasteiger partial charge in [-0.3, -0.25) is 4.74 Å². The molecule has 2 aromatic rings. The summed E-state index contributed by atoms with van der Waals surface area (Å²) in [5.41, 5.74) is 1.56. The van der Waals surface area contributed by atoms with Crippen molar-refractivity contribution in [2.45, 2.75) is 25.4 Å². The van der Waals surface area contributed by atoms with Crippen molar-refractivity contribution in [2.75, 3.05) is 6.61 Å². The van der Waals surface area contributed by atoms with Crippen LogP contribution in [0.1, 0.15) is 11.1 Å². The van der Waals surface area contributed by atoms with Crippen molar-refractivity contribution in [3.63, 3.8) is 0 Å². The summed E-state index contributed by atoms with van der Waals surface area (Å²) >= 11 is 0. The van der Waals surface area contributed by atoms with Gasteiger partial charge < -0.3 is 5.32 Å². The normalized spacial score (nSPS) is 13.0. The first-order chi connectivity index (χ1) is 10.9. The number of halogens is 4. The molecule has 1 atom stereocenters. The molecule has 1 unspecified atom stereocenters. The third-order valence-electron chi connectivity index (χ3n) is 3.26. The Morgan fingerprint density at radius 2 is 1.65 bits per heavy atom. The molecule has 124 valence electrons. The van der Waals surface area contributed by atoms with Crippen LogP contribution < -0.4 is 5.32 Å². The fourth-order valence-corrected chi connectivity index (χ4v) is 2.19. The van der Waals surface area contributed by atoms with Crippen LogP contribution in [0, 0.1) is 5.82 Å². The quantitative estimate of drug-likeness (QED) is 0.774. The Morgan fingerprint density at radius 1 is 0.957 bits per heavy atom. The molecule has 23 heavy (non-hydrogen) atoms. The maximum absolute atomic E-state index is 13.1. The number of hydrogen-bond donors (Lipinski definition) is 1. The molecule has 0 aliphatic carbocycles. The summed E-state index contributed by atoms with van der Waals surface area (Å²) in [4.78, 5) is 0. The van der Waals surface area contributed by atoms with E-state index in [1.807, 2.05) is 30.3 Å². The monoisotopic (exact) mass is 327 g/mol. The van der Waals surface area contributed by atoms with Crippen molar-refractivity contribution in [2.24, 2.45) is 0 Å². The van der Waals surface area contributed by atoms with Gasteiger partial charge in [-0.1, -0.05) is 42.5 Å². The average molecular weight is 327 g/mol. The smallest absolute Gasteiger partial charge is 0.307 e. The fraction of sp³-hybridized carbons (Fsp3) is 0.294. The van der Waals surface area contributed by atoms with E-state index in [0.717, 1.165) is 5.56 Å². The van der Waals surface area contributed by atoms with E-state index in [-0.39, 0.29) is 12.4 Å². The van der Waals surface area contributed by atoms with E-state index in [9.17, 15) is 17.6 Å². The highest BCUT2D eigenvalue weighted by Crippen LogP contribution is 2.17. The van der Waals surface area contributed by atoms with Crippen LogP contribution in [0.15, 0.2) is 54.6 Å². The van der Waals surface area contributed by atoms with E-state index in [4.69, 9.17) is 0 Å². The summed E-state index contributed by atoms with van der Waals surface area (Å²) in [5.74, 6) is -0.379. The molecule has 0 bridgehead atoms. The molecule has 2 aromatic carbocycles. The summed E-state index contributed by atoms with van der Waals surface area (Å²) in [6.07, 6.45) is -4.29. The third kappa shape index (κ3) is 6.80. The molecule has 0 saturated carbocycles. The minimum absolute atomic E-state index is 0.260. The Balaban J connectivity index is 1.97. The van der Waals surface area contributed by atoms with Gasteiger partial charge in [-0.25, -0.2) is 4.39 Å². The van der Waals surface area contributed by atoms with Gasteiger partial charge in [0.1, 0.15) is 5.82 Å². The van der Waals surface area contributed by atoms with Gasteiger partial charge in [0.25, 0.3) is 0 Å². The largest absolute Gasteiger partial charge is 0.522 e. The maximum Gasteiger partial charge on any atom is 0.522 e. The number of hydrogen-bond acceptors (Lipinski definition) is 2. The molecular weight excluding hydrogens is 310 g/mol. The lowest BCUT2D eigenvalue weighted by Crippen LogP contribution is -2.37. The zero-order valence-corrected chi connectivity index (χ0v) is 12.3. The Kier molecular flexibility index (Phi) is 6.12. The predicted octanol–water partition coefficient (Wildman–Crippen LogP) is 4.06. The summed E-state index contributed by atoms with van der Waals surface area (Å²) in [7, 11) is 0. The molecule has 0 heterocycles. The lowest BCUT2D eigenvalue weighted by molar-refractivity contribution is -0.326. The maximum atomic E-state index is 13.1. The zero-order chi connectivity index (χ0) is 16.7. The molecule has 6 heteroatoms. The van der Waals surface area contributed by atoms with Crippen molar-refractivity contribution >= 4 is 0 Å². The Labute approximate surface area is 132 Å². The van der Waals surface area contributed by atoms with Gasteiger partial charge in [0.2, 0.25) is 0 Å². The van der Waals surface area contributed by atoms with Crippen LogP contribution in [-0.4, -0.2) is 19.0 Å². The van der Waals surface area contributed by atoms with Gasteiger partial charge >= 0.3 is 6.36 Å². The first kappa shape index (κ1) is 17.4. The van der Waals surface area contributed by atoms with Gasteiger partial charge in [-0.15, -0.1) is 13.2 Å². The highest BCUT2D eigenvalue weighted by Gasteiger charge is 2.30. The zero-order valence-electron chi connectivity index (χ0n) is 12.3. The molecule has 0 radical (unpaired) electrons. The van der Waals surface area contributed by atoms with Crippen LogP contribution in [0.5, 0.6) is 0 Å². The number of nitrogens with one attached hydrogen (secondary N) is 1. The minimum Gasteiger partial charge on any atom is -0.307 e. The van der Waals surface area contributed by atoms with Gasteiger partial charge in [0.15, 0.2) is 0 Å². The van der Waals surface area contributed by atoms with E-state index < -0.39 is 19.0 Å². The van der Waals surface area contributed by atoms with Crippen molar-refractivity contribution < 1.29 is 22.3 Å². The first-order valence-corrected chi connectivity index (χ1v) is 7.15. The first-order valence-electron chi connectivity index (χ1n) is 7.15. The Hall–Kier alpha value is -1.92. The van der Waals surface area contributed by atoms with E-state index in [1.165, 1.54) is 12.1 Å². The number of rotatable bonds is 7. The van der Waals surface area contributed by atoms with Crippen molar-refractivity contribution in [3.8, 4) is 0 Å². The molecule has 0 aliphatic rings. The third-order valence-corrected chi connectivity index (χ3v) is 3.26.